The maximum Gasteiger partial charge on any atom is 0.410 e. The summed E-state index contributed by atoms with van der Waals surface area (Å²) in [6.45, 7) is 10.1. The van der Waals surface area contributed by atoms with Crippen molar-refractivity contribution in [1.82, 2.24) is 25.2 Å². The molecule has 8 nitrogen and oxygen atoms in total. The van der Waals surface area contributed by atoms with Gasteiger partial charge >= 0.3 is 6.09 Å². The third kappa shape index (κ3) is 5.17. The SMILES string of the molecule is CCOC1CN(C(=O)OC(C)(C)C)CCC1NCc1cnnn1C. The van der Waals surface area contributed by atoms with E-state index in [1.807, 2.05) is 34.7 Å². The molecule has 2 unspecified atom stereocenters. The number of ether oxygens (including phenoxy) is 2. The zero-order valence-electron chi connectivity index (χ0n) is 15.3. The van der Waals surface area contributed by atoms with Crippen LogP contribution >= 0.6 is 0 Å². The molecule has 1 amide bonds. The molecule has 1 fully saturated rings. The zero-order valence-corrected chi connectivity index (χ0v) is 15.3. The summed E-state index contributed by atoms with van der Waals surface area (Å²) in [5, 5.41) is 11.3. The summed E-state index contributed by atoms with van der Waals surface area (Å²) >= 11 is 0. The van der Waals surface area contributed by atoms with Crippen LogP contribution in [0.3, 0.4) is 0 Å². The summed E-state index contributed by atoms with van der Waals surface area (Å²) in [6, 6.07) is 0.179. The van der Waals surface area contributed by atoms with E-state index in [1.165, 1.54) is 0 Å². The van der Waals surface area contributed by atoms with Crippen molar-refractivity contribution < 1.29 is 14.3 Å². The number of nitrogens with zero attached hydrogens (tertiary/aromatic N) is 4. The molecule has 1 aromatic heterocycles. The monoisotopic (exact) mass is 339 g/mol. The molecular weight excluding hydrogens is 310 g/mol. The van der Waals surface area contributed by atoms with E-state index < -0.39 is 5.60 Å². The van der Waals surface area contributed by atoms with Crippen LogP contribution in [-0.2, 0) is 23.1 Å². The van der Waals surface area contributed by atoms with Gasteiger partial charge in [0, 0.05) is 32.8 Å². The van der Waals surface area contributed by atoms with Crippen molar-refractivity contribution >= 4 is 6.09 Å². The summed E-state index contributed by atoms with van der Waals surface area (Å²) in [7, 11) is 1.87. The van der Waals surface area contributed by atoms with Gasteiger partial charge < -0.3 is 19.7 Å². The van der Waals surface area contributed by atoms with Crippen LogP contribution in [-0.4, -0.2) is 63.4 Å². The van der Waals surface area contributed by atoms with Crippen LogP contribution in [0, 0.1) is 0 Å². The lowest BCUT2D eigenvalue weighted by Crippen LogP contribution is -2.55. The fraction of sp³-hybridized carbons (Fsp3) is 0.812. The molecule has 0 aliphatic carbocycles. The van der Waals surface area contributed by atoms with Gasteiger partial charge in [-0.2, -0.15) is 0 Å². The van der Waals surface area contributed by atoms with Gasteiger partial charge in [-0.3, -0.25) is 4.68 Å². The molecule has 136 valence electrons. The Morgan fingerprint density at radius 3 is 2.79 bits per heavy atom. The Bertz CT molecular complexity index is 540. The Kier molecular flexibility index (Phi) is 6.17. The number of carbonyl (C=O) groups is 1. The van der Waals surface area contributed by atoms with Crippen LogP contribution in [0.25, 0.3) is 0 Å². The van der Waals surface area contributed by atoms with Gasteiger partial charge in [0.1, 0.15) is 5.60 Å². The molecule has 24 heavy (non-hydrogen) atoms. The van der Waals surface area contributed by atoms with Crippen molar-refractivity contribution in [2.24, 2.45) is 7.05 Å². The number of amides is 1. The van der Waals surface area contributed by atoms with E-state index in [0.29, 0.717) is 26.2 Å². The number of piperidine rings is 1. The quantitative estimate of drug-likeness (QED) is 0.871. The Hall–Kier alpha value is -1.67. The highest BCUT2D eigenvalue weighted by molar-refractivity contribution is 5.68. The normalized spacial score (nSPS) is 21.8. The van der Waals surface area contributed by atoms with Gasteiger partial charge in [-0.1, -0.05) is 5.21 Å². The number of likely N-dealkylation sites (tertiary alicyclic amines) is 1. The van der Waals surface area contributed by atoms with Gasteiger partial charge in [0.25, 0.3) is 0 Å². The first-order valence-electron chi connectivity index (χ1n) is 8.46. The lowest BCUT2D eigenvalue weighted by Gasteiger charge is -2.39. The minimum Gasteiger partial charge on any atom is -0.444 e. The van der Waals surface area contributed by atoms with E-state index in [0.717, 1.165) is 12.1 Å². The van der Waals surface area contributed by atoms with Gasteiger partial charge in [0.2, 0.25) is 0 Å². The maximum absolute atomic E-state index is 12.3. The summed E-state index contributed by atoms with van der Waals surface area (Å²) in [6.07, 6.45) is 2.23. The predicted molar refractivity (Wildman–Crippen MR) is 89.5 cm³/mol. The molecule has 0 bridgehead atoms. The van der Waals surface area contributed by atoms with Crippen molar-refractivity contribution in [3.05, 3.63) is 11.9 Å². The number of aromatic nitrogens is 3. The van der Waals surface area contributed by atoms with Gasteiger partial charge in [0.05, 0.1) is 24.5 Å². The van der Waals surface area contributed by atoms with Crippen LogP contribution in [0.5, 0.6) is 0 Å². The first-order chi connectivity index (χ1) is 11.3. The van der Waals surface area contributed by atoms with E-state index in [2.05, 4.69) is 15.6 Å². The second kappa shape index (κ2) is 7.94. The van der Waals surface area contributed by atoms with Gasteiger partial charge in [-0.25, -0.2) is 4.79 Å². The molecule has 0 radical (unpaired) electrons. The summed E-state index contributed by atoms with van der Waals surface area (Å²) in [5.41, 5.74) is 0.527. The molecule has 0 aromatic carbocycles. The zero-order chi connectivity index (χ0) is 17.7. The number of carbonyl (C=O) groups excluding carboxylic acids is 1. The number of hydrogen-bond donors (Lipinski definition) is 1. The lowest BCUT2D eigenvalue weighted by atomic mass is 10.0. The van der Waals surface area contributed by atoms with Crippen molar-refractivity contribution in [2.45, 2.75) is 58.4 Å². The molecular formula is C16H29N5O3. The van der Waals surface area contributed by atoms with E-state index in [4.69, 9.17) is 9.47 Å². The average molecular weight is 339 g/mol. The highest BCUT2D eigenvalue weighted by atomic mass is 16.6. The maximum atomic E-state index is 12.3. The van der Waals surface area contributed by atoms with Gasteiger partial charge in [0.15, 0.2) is 0 Å². The smallest absolute Gasteiger partial charge is 0.410 e. The number of hydrogen-bond acceptors (Lipinski definition) is 6. The van der Waals surface area contributed by atoms with Crippen LogP contribution in [0.4, 0.5) is 4.79 Å². The highest BCUT2D eigenvalue weighted by Gasteiger charge is 2.33. The molecule has 2 heterocycles. The molecule has 2 rings (SSSR count). The molecule has 2 atom stereocenters. The predicted octanol–water partition coefficient (Wildman–Crippen LogP) is 1.32. The lowest BCUT2D eigenvalue weighted by molar-refractivity contribution is -0.0314. The fourth-order valence-electron chi connectivity index (χ4n) is 2.73. The average Bonchev–Trinajstić information content (AvgIpc) is 2.90. The largest absolute Gasteiger partial charge is 0.444 e. The Morgan fingerprint density at radius 2 is 2.21 bits per heavy atom. The highest BCUT2D eigenvalue weighted by Crippen LogP contribution is 2.18. The summed E-state index contributed by atoms with van der Waals surface area (Å²) < 4.78 is 13.1. The van der Waals surface area contributed by atoms with Gasteiger partial charge in [-0.15, -0.1) is 5.10 Å². The molecule has 1 aromatic rings. The second-order valence-electron chi connectivity index (χ2n) is 7.05. The topological polar surface area (TPSA) is 81.5 Å². The minimum absolute atomic E-state index is 0.0579. The molecule has 1 N–H and O–H groups in total. The Labute approximate surface area is 143 Å². The van der Waals surface area contributed by atoms with E-state index in [1.54, 1.807) is 15.8 Å². The van der Waals surface area contributed by atoms with E-state index >= 15 is 0 Å². The first-order valence-corrected chi connectivity index (χ1v) is 8.46. The number of nitrogens with one attached hydrogen (secondary N) is 1. The molecule has 0 saturated carbocycles. The standard InChI is InChI=1S/C16H29N5O3/c1-6-23-14-11-21(15(22)24-16(2,3)4)8-7-13(14)17-9-12-10-18-19-20(12)5/h10,13-14,17H,6-9,11H2,1-5H3. The summed E-state index contributed by atoms with van der Waals surface area (Å²) in [5.74, 6) is 0. The van der Waals surface area contributed by atoms with Crippen LogP contribution in [0.2, 0.25) is 0 Å². The number of aryl methyl sites for hydroxylation is 1. The van der Waals surface area contributed by atoms with Crippen LogP contribution < -0.4 is 5.32 Å². The van der Waals surface area contributed by atoms with Crippen molar-refractivity contribution in [3.8, 4) is 0 Å². The third-order valence-electron chi connectivity index (χ3n) is 3.95. The second-order valence-corrected chi connectivity index (χ2v) is 7.05. The molecule has 8 heteroatoms. The molecule has 0 spiro atoms. The molecule has 1 aliphatic rings. The third-order valence-corrected chi connectivity index (χ3v) is 3.95. The van der Waals surface area contributed by atoms with Crippen molar-refractivity contribution in [3.63, 3.8) is 0 Å². The van der Waals surface area contributed by atoms with Crippen molar-refractivity contribution in [2.75, 3.05) is 19.7 Å². The minimum atomic E-state index is -0.486. The molecule has 1 aliphatic heterocycles. The molecule has 1 saturated heterocycles. The fourth-order valence-corrected chi connectivity index (χ4v) is 2.73. The summed E-state index contributed by atoms with van der Waals surface area (Å²) in [4.78, 5) is 14.0. The van der Waals surface area contributed by atoms with E-state index in [-0.39, 0.29) is 18.2 Å². The Balaban J connectivity index is 1.92. The van der Waals surface area contributed by atoms with Crippen LogP contribution in [0.1, 0.15) is 39.8 Å². The Morgan fingerprint density at radius 1 is 1.46 bits per heavy atom. The number of rotatable bonds is 5. The van der Waals surface area contributed by atoms with Gasteiger partial charge in [-0.05, 0) is 34.1 Å². The van der Waals surface area contributed by atoms with Crippen LogP contribution in [0.15, 0.2) is 6.20 Å². The van der Waals surface area contributed by atoms with Crippen molar-refractivity contribution in [1.29, 1.82) is 0 Å². The first kappa shape index (κ1) is 18.7. The van der Waals surface area contributed by atoms with E-state index in [9.17, 15) is 4.79 Å².